The van der Waals surface area contributed by atoms with E-state index >= 15 is 0 Å². The first-order valence-electron chi connectivity index (χ1n) is 6.04. The molecule has 0 spiro atoms. The molecule has 7 nitrogen and oxygen atoms in total. The fourth-order valence-electron chi connectivity index (χ4n) is 1.81. The standard InChI is InChI=1S/C13H14N4O3/c1-3-10-9(7-17(2)16-10)12(18)15-8-4-5-14-11(6-8)13(19)20/h4-7H,3H2,1-2H3,(H,19,20)(H,14,15,18). The number of aromatic carboxylic acids is 1. The second kappa shape index (κ2) is 5.52. The highest BCUT2D eigenvalue weighted by atomic mass is 16.4. The van der Waals surface area contributed by atoms with Gasteiger partial charge in [-0.1, -0.05) is 6.92 Å². The van der Waals surface area contributed by atoms with Crippen molar-refractivity contribution in [2.75, 3.05) is 5.32 Å². The van der Waals surface area contributed by atoms with E-state index in [2.05, 4.69) is 15.4 Å². The van der Waals surface area contributed by atoms with Crippen LogP contribution in [0.15, 0.2) is 24.5 Å². The molecule has 20 heavy (non-hydrogen) atoms. The second-order valence-corrected chi connectivity index (χ2v) is 4.21. The van der Waals surface area contributed by atoms with Gasteiger partial charge in [0.05, 0.1) is 11.3 Å². The lowest BCUT2D eigenvalue weighted by atomic mass is 10.2. The number of pyridine rings is 1. The Kier molecular flexibility index (Phi) is 3.79. The van der Waals surface area contributed by atoms with Gasteiger partial charge in [-0.3, -0.25) is 9.48 Å². The predicted octanol–water partition coefficient (Wildman–Crippen LogP) is 1.33. The summed E-state index contributed by atoms with van der Waals surface area (Å²) in [5.74, 6) is -1.46. The number of nitrogens with zero attached hydrogens (tertiary/aromatic N) is 3. The van der Waals surface area contributed by atoms with Crippen LogP contribution in [0.1, 0.15) is 33.5 Å². The zero-order valence-electron chi connectivity index (χ0n) is 11.1. The van der Waals surface area contributed by atoms with Crippen LogP contribution in [0.5, 0.6) is 0 Å². The van der Waals surface area contributed by atoms with Crippen LogP contribution in [0.4, 0.5) is 5.69 Å². The number of rotatable bonds is 4. The van der Waals surface area contributed by atoms with Crippen LogP contribution in [0.3, 0.4) is 0 Å². The number of carboxylic acids is 1. The summed E-state index contributed by atoms with van der Waals surface area (Å²) in [6.07, 6.45) is 3.61. The minimum atomic E-state index is -1.14. The highest BCUT2D eigenvalue weighted by Gasteiger charge is 2.15. The molecule has 2 N–H and O–H groups in total. The molecule has 0 bridgehead atoms. The van der Waals surface area contributed by atoms with E-state index in [1.807, 2.05) is 6.92 Å². The van der Waals surface area contributed by atoms with Crippen LogP contribution in [-0.2, 0) is 13.5 Å². The van der Waals surface area contributed by atoms with E-state index in [1.54, 1.807) is 17.9 Å². The van der Waals surface area contributed by atoms with Gasteiger partial charge in [0, 0.05) is 25.1 Å². The van der Waals surface area contributed by atoms with Gasteiger partial charge in [-0.25, -0.2) is 9.78 Å². The highest BCUT2D eigenvalue weighted by molar-refractivity contribution is 6.05. The average molecular weight is 274 g/mol. The van der Waals surface area contributed by atoms with E-state index < -0.39 is 5.97 Å². The molecular formula is C13H14N4O3. The third-order valence-corrected chi connectivity index (χ3v) is 2.72. The summed E-state index contributed by atoms with van der Waals surface area (Å²) in [4.78, 5) is 26.7. The quantitative estimate of drug-likeness (QED) is 0.876. The topological polar surface area (TPSA) is 97.1 Å². The van der Waals surface area contributed by atoms with Crippen molar-refractivity contribution < 1.29 is 14.7 Å². The molecule has 2 heterocycles. The Bertz CT molecular complexity index is 663. The molecule has 2 aromatic rings. The van der Waals surface area contributed by atoms with E-state index in [4.69, 9.17) is 5.11 Å². The average Bonchev–Trinajstić information content (AvgIpc) is 2.80. The molecule has 0 unspecified atom stereocenters. The molecule has 104 valence electrons. The first kappa shape index (κ1) is 13.7. The van der Waals surface area contributed by atoms with Crippen LogP contribution >= 0.6 is 0 Å². The van der Waals surface area contributed by atoms with Gasteiger partial charge in [0.25, 0.3) is 5.91 Å². The van der Waals surface area contributed by atoms with Crippen LogP contribution in [0, 0.1) is 0 Å². The minimum absolute atomic E-state index is 0.121. The Labute approximate surface area is 115 Å². The summed E-state index contributed by atoms with van der Waals surface area (Å²) in [6.45, 7) is 1.91. The van der Waals surface area contributed by atoms with Gasteiger partial charge < -0.3 is 10.4 Å². The molecule has 7 heteroatoms. The number of amides is 1. The van der Waals surface area contributed by atoms with Gasteiger partial charge in [-0.2, -0.15) is 5.10 Å². The van der Waals surface area contributed by atoms with Crippen molar-refractivity contribution in [1.29, 1.82) is 0 Å². The van der Waals surface area contributed by atoms with Gasteiger partial charge in [0.1, 0.15) is 5.69 Å². The van der Waals surface area contributed by atoms with E-state index in [1.165, 1.54) is 18.3 Å². The summed E-state index contributed by atoms with van der Waals surface area (Å²) >= 11 is 0. The number of hydrogen-bond donors (Lipinski definition) is 2. The lowest BCUT2D eigenvalue weighted by molar-refractivity contribution is 0.0690. The number of carbonyl (C=O) groups is 2. The molecule has 0 aliphatic rings. The van der Waals surface area contributed by atoms with Crippen LogP contribution in [0.25, 0.3) is 0 Å². The third-order valence-electron chi connectivity index (χ3n) is 2.72. The fraction of sp³-hybridized carbons (Fsp3) is 0.231. The summed E-state index contributed by atoms with van der Waals surface area (Å²) in [6, 6.07) is 2.84. The molecule has 0 saturated heterocycles. The lowest BCUT2D eigenvalue weighted by Crippen LogP contribution is -2.14. The maximum absolute atomic E-state index is 12.2. The van der Waals surface area contributed by atoms with Crippen molar-refractivity contribution in [2.45, 2.75) is 13.3 Å². The molecule has 0 atom stereocenters. The van der Waals surface area contributed by atoms with Crippen LogP contribution in [-0.4, -0.2) is 31.7 Å². The Hall–Kier alpha value is -2.70. The van der Waals surface area contributed by atoms with Gasteiger partial charge in [0.2, 0.25) is 0 Å². The number of anilines is 1. The smallest absolute Gasteiger partial charge is 0.354 e. The molecule has 0 saturated carbocycles. The molecule has 2 aromatic heterocycles. The maximum atomic E-state index is 12.2. The Morgan fingerprint density at radius 2 is 2.20 bits per heavy atom. The first-order chi connectivity index (χ1) is 9.51. The van der Waals surface area contributed by atoms with E-state index in [9.17, 15) is 9.59 Å². The second-order valence-electron chi connectivity index (χ2n) is 4.21. The normalized spacial score (nSPS) is 10.3. The van der Waals surface area contributed by atoms with E-state index in [0.717, 1.165) is 0 Å². The highest BCUT2D eigenvalue weighted by Crippen LogP contribution is 2.13. The molecule has 0 radical (unpaired) electrons. The van der Waals surface area contributed by atoms with E-state index in [-0.39, 0.29) is 11.6 Å². The lowest BCUT2D eigenvalue weighted by Gasteiger charge is -2.05. The van der Waals surface area contributed by atoms with Crippen molar-refractivity contribution in [1.82, 2.24) is 14.8 Å². The molecule has 1 amide bonds. The summed E-state index contributed by atoms with van der Waals surface area (Å²) in [5.41, 5.74) is 1.43. The first-order valence-corrected chi connectivity index (χ1v) is 6.04. The molecule has 0 fully saturated rings. The Morgan fingerprint density at radius 1 is 1.45 bits per heavy atom. The number of nitrogens with one attached hydrogen (secondary N) is 1. The minimum Gasteiger partial charge on any atom is -0.477 e. The van der Waals surface area contributed by atoms with Crippen LogP contribution < -0.4 is 5.32 Å². The summed E-state index contributed by atoms with van der Waals surface area (Å²) in [5, 5.41) is 15.7. The van der Waals surface area contributed by atoms with Gasteiger partial charge in [0.15, 0.2) is 0 Å². The Balaban J connectivity index is 2.23. The predicted molar refractivity (Wildman–Crippen MR) is 71.7 cm³/mol. The number of carbonyl (C=O) groups excluding carboxylic acids is 1. The number of hydrogen-bond acceptors (Lipinski definition) is 4. The molecule has 2 rings (SSSR count). The summed E-state index contributed by atoms with van der Waals surface area (Å²) < 4.78 is 1.57. The van der Waals surface area contributed by atoms with Crippen LogP contribution in [0.2, 0.25) is 0 Å². The van der Waals surface area contributed by atoms with Crippen molar-refractivity contribution >= 4 is 17.6 Å². The monoisotopic (exact) mass is 274 g/mol. The molecular weight excluding hydrogens is 260 g/mol. The van der Waals surface area contributed by atoms with Gasteiger partial charge in [-0.15, -0.1) is 0 Å². The molecule has 0 aromatic carbocycles. The summed E-state index contributed by atoms with van der Waals surface area (Å²) in [7, 11) is 1.74. The fourth-order valence-corrected chi connectivity index (χ4v) is 1.81. The third kappa shape index (κ3) is 2.82. The zero-order chi connectivity index (χ0) is 14.7. The Morgan fingerprint density at radius 3 is 2.85 bits per heavy atom. The van der Waals surface area contributed by atoms with Gasteiger partial charge >= 0.3 is 5.97 Å². The molecule has 0 aliphatic heterocycles. The van der Waals surface area contributed by atoms with Gasteiger partial charge in [-0.05, 0) is 18.6 Å². The van der Waals surface area contributed by atoms with E-state index in [0.29, 0.717) is 23.4 Å². The van der Waals surface area contributed by atoms with Crippen molar-refractivity contribution in [3.8, 4) is 0 Å². The zero-order valence-corrected chi connectivity index (χ0v) is 11.1. The number of aromatic nitrogens is 3. The SMILES string of the molecule is CCc1nn(C)cc1C(=O)Nc1ccnc(C(=O)O)c1. The molecule has 0 aliphatic carbocycles. The van der Waals surface area contributed by atoms with Crippen molar-refractivity contribution in [3.63, 3.8) is 0 Å². The van der Waals surface area contributed by atoms with Crippen molar-refractivity contribution in [3.05, 3.63) is 41.5 Å². The number of carboxylic acid groups (broad SMARTS) is 1. The number of aryl methyl sites for hydroxylation is 2. The largest absolute Gasteiger partial charge is 0.477 e. The van der Waals surface area contributed by atoms with Crippen molar-refractivity contribution in [2.24, 2.45) is 7.05 Å². The maximum Gasteiger partial charge on any atom is 0.354 e.